The standard InChI is InChI=1S/C18H14BrClFN3O/c1-24-9-8-22-17(24)16(12-4-2-3-5-15(12)21)23-18(25)13-10-11(19)6-7-14(13)20/h2-10,16H,1H3,(H,23,25). The van der Waals surface area contributed by atoms with E-state index in [-0.39, 0.29) is 0 Å². The highest BCUT2D eigenvalue weighted by molar-refractivity contribution is 9.10. The minimum absolute atomic E-state index is 0.298. The van der Waals surface area contributed by atoms with Crippen LogP contribution in [0.25, 0.3) is 0 Å². The summed E-state index contributed by atoms with van der Waals surface area (Å²) >= 11 is 9.45. The highest BCUT2D eigenvalue weighted by Gasteiger charge is 2.24. The molecule has 25 heavy (non-hydrogen) atoms. The number of hydrogen-bond acceptors (Lipinski definition) is 2. The van der Waals surface area contributed by atoms with E-state index < -0.39 is 17.8 Å². The van der Waals surface area contributed by atoms with E-state index in [2.05, 4.69) is 26.2 Å². The fraction of sp³-hybridized carbons (Fsp3) is 0.111. The van der Waals surface area contributed by atoms with E-state index in [1.165, 1.54) is 6.07 Å². The molecule has 128 valence electrons. The van der Waals surface area contributed by atoms with E-state index >= 15 is 0 Å². The van der Waals surface area contributed by atoms with Gasteiger partial charge in [0.25, 0.3) is 5.91 Å². The zero-order valence-electron chi connectivity index (χ0n) is 13.2. The molecular weight excluding hydrogens is 409 g/mol. The molecule has 4 nitrogen and oxygen atoms in total. The quantitative estimate of drug-likeness (QED) is 0.673. The van der Waals surface area contributed by atoms with Crippen LogP contribution < -0.4 is 5.32 Å². The summed E-state index contributed by atoms with van der Waals surface area (Å²) in [5.74, 6) is -0.316. The van der Waals surface area contributed by atoms with E-state index in [0.717, 1.165) is 4.47 Å². The normalized spacial score (nSPS) is 12.0. The molecule has 0 saturated heterocycles. The molecule has 1 N–H and O–H groups in total. The molecule has 1 unspecified atom stereocenters. The molecule has 1 aromatic heterocycles. The largest absolute Gasteiger partial charge is 0.338 e. The first-order valence-electron chi connectivity index (χ1n) is 7.45. The van der Waals surface area contributed by atoms with Gasteiger partial charge >= 0.3 is 0 Å². The maximum Gasteiger partial charge on any atom is 0.253 e. The Morgan fingerprint density at radius 3 is 2.76 bits per heavy atom. The first-order chi connectivity index (χ1) is 12.0. The highest BCUT2D eigenvalue weighted by atomic mass is 79.9. The predicted molar refractivity (Wildman–Crippen MR) is 98.1 cm³/mol. The molecule has 0 aliphatic heterocycles. The van der Waals surface area contributed by atoms with Crippen LogP contribution in [0.2, 0.25) is 5.02 Å². The molecule has 0 aliphatic rings. The van der Waals surface area contributed by atoms with Crippen molar-refractivity contribution in [3.63, 3.8) is 0 Å². The van der Waals surface area contributed by atoms with Crippen molar-refractivity contribution in [2.24, 2.45) is 7.05 Å². The summed E-state index contributed by atoms with van der Waals surface area (Å²) in [5.41, 5.74) is 0.628. The lowest BCUT2D eigenvalue weighted by Crippen LogP contribution is -2.32. The smallest absolute Gasteiger partial charge is 0.253 e. The Morgan fingerprint density at radius 2 is 2.08 bits per heavy atom. The Bertz CT molecular complexity index is 928. The second-order valence-electron chi connectivity index (χ2n) is 5.45. The average Bonchev–Trinajstić information content (AvgIpc) is 3.01. The summed E-state index contributed by atoms with van der Waals surface area (Å²) in [7, 11) is 1.79. The molecule has 0 bridgehead atoms. The van der Waals surface area contributed by atoms with Gasteiger partial charge in [-0.05, 0) is 24.3 Å². The van der Waals surface area contributed by atoms with E-state index in [0.29, 0.717) is 22.0 Å². The van der Waals surface area contributed by atoms with Crippen molar-refractivity contribution in [3.05, 3.63) is 87.1 Å². The van der Waals surface area contributed by atoms with Crippen molar-refractivity contribution in [3.8, 4) is 0 Å². The summed E-state index contributed by atoms with van der Waals surface area (Å²) in [4.78, 5) is 17.0. The van der Waals surface area contributed by atoms with Gasteiger partial charge in [0.05, 0.1) is 10.6 Å². The van der Waals surface area contributed by atoms with Crippen LogP contribution >= 0.6 is 27.5 Å². The van der Waals surface area contributed by atoms with Gasteiger partial charge in [0.1, 0.15) is 17.7 Å². The second-order valence-corrected chi connectivity index (χ2v) is 6.77. The number of nitrogens with one attached hydrogen (secondary N) is 1. The van der Waals surface area contributed by atoms with Crippen molar-refractivity contribution in [2.45, 2.75) is 6.04 Å². The molecule has 0 spiro atoms. The number of nitrogens with zero attached hydrogens (tertiary/aromatic N) is 2. The van der Waals surface area contributed by atoms with Crippen LogP contribution in [0.3, 0.4) is 0 Å². The first-order valence-corrected chi connectivity index (χ1v) is 8.62. The van der Waals surface area contributed by atoms with Crippen molar-refractivity contribution in [2.75, 3.05) is 0 Å². The summed E-state index contributed by atoms with van der Waals surface area (Å²) in [6.07, 6.45) is 3.34. The van der Waals surface area contributed by atoms with Crippen LogP contribution in [0.15, 0.2) is 59.3 Å². The predicted octanol–water partition coefficient (Wildman–Crippen LogP) is 4.49. The Hall–Kier alpha value is -2.18. The zero-order chi connectivity index (χ0) is 18.0. The Balaban J connectivity index is 2.01. The molecule has 0 radical (unpaired) electrons. The summed E-state index contributed by atoms with van der Waals surface area (Å²) in [6, 6.07) is 10.5. The molecule has 2 aromatic carbocycles. The molecule has 0 saturated carbocycles. The fourth-order valence-electron chi connectivity index (χ4n) is 2.53. The number of imidazole rings is 1. The molecule has 0 fully saturated rings. The number of benzene rings is 2. The maximum atomic E-state index is 14.3. The number of carbonyl (C=O) groups excluding carboxylic acids is 1. The van der Waals surface area contributed by atoms with Crippen LogP contribution in [0.5, 0.6) is 0 Å². The van der Waals surface area contributed by atoms with Gasteiger partial charge in [-0.2, -0.15) is 0 Å². The molecule has 3 aromatic rings. The van der Waals surface area contributed by atoms with Crippen LogP contribution in [0.4, 0.5) is 4.39 Å². The van der Waals surface area contributed by atoms with Crippen LogP contribution in [-0.4, -0.2) is 15.5 Å². The monoisotopic (exact) mass is 421 g/mol. The van der Waals surface area contributed by atoms with E-state index in [1.807, 2.05) is 0 Å². The number of carbonyl (C=O) groups is 1. The molecular formula is C18H14BrClFN3O. The maximum absolute atomic E-state index is 14.3. The minimum Gasteiger partial charge on any atom is -0.338 e. The van der Waals surface area contributed by atoms with Crippen molar-refractivity contribution >= 4 is 33.4 Å². The second kappa shape index (κ2) is 7.37. The van der Waals surface area contributed by atoms with Gasteiger partial charge in [-0.3, -0.25) is 4.79 Å². The van der Waals surface area contributed by atoms with Gasteiger partial charge in [0.15, 0.2) is 0 Å². The van der Waals surface area contributed by atoms with Crippen LogP contribution in [-0.2, 0) is 7.05 Å². The van der Waals surface area contributed by atoms with Gasteiger partial charge < -0.3 is 9.88 Å². The lowest BCUT2D eigenvalue weighted by atomic mass is 10.0. The van der Waals surface area contributed by atoms with Crippen LogP contribution in [0, 0.1) is 5.82 Å². The number of aryl methyl sites for hydroxylation is 1. The summed E-state index contributed by atoms with van der Waals surface area (Å²) in [5, 5.41) is 3.15. The molecule has 0 aliphatic carbocycles. The fourth-order valence-corrected chi connectivity index (χ4v) is 3.09. The van der Waals surface area contributed by atoms with Crippen LogP contribution in [0.1, 0.15) is 27.8 Å². The number of hydrogen-bond donors (Lipinski definition) is 1. The lowest BCUT2D eigenvalue weighted by molar-refractivity contribution is 0.0940. The Kier molecular flexibility index (Phi) is 5.20. The van der Waals surface area contributed by atoms with Crippen molar-refractivity contribution < 1.29 is 9.18 Å². The lowest BCUT2D eigenvalue weighted by Gasteiger charge is -2.20. The molecule has 1 heterocycles. The van der Waals surface area contributed by atoms with E-state index in [1.54, 1.807) is 60.4 Å². The minimum atomic E-state index is -0.747. The highest BCUT2D eigenvalue weighted by Crippen LogP contribution is 2.26. The van der Waals surface area contributed by atoms with Gasteiger partial charge in [0.2, 0.25) is 0 Å². The van der Waals surface area contributed by atoms with E-state index in [9.17, 15) is 9.18 Å². The number of rotatable bonds is 4. The third-order valence-electron chi connectivity index (χ3n) is 3.78. The van der Waals surface area contributed by atoms with E-state index in [4.69, 9.17) is 11.6 Å². The summed E-state index contributed by atoms with van der Waals surface area (Å²) < 4.78 is 16.8. The van der Waals surface area contributed by atoms with Gasteiger partial charge in [-0.25, -0.2) is 9.37 Å². The van der Waals surface area contributed by atoms with Crippen molar-refractivity contribution in [1.82, 2.24) is 14.9 Å². The van der Waals surface area contributed by atoms with Gasteiger partial charge in [-0.1, -0.05) is 45.7 Å². The number of amides is 1. The molecule has 7 heteroatoms. The third-order valence-corrected chi connectivity index (χ3v) is 4.60. The number of halogens is 3. The van der Waals surface area contributed by atoms with Crippen molar-refractivity contribution in [1.29, 1.82) is 0 Å². The first kappa shape index (κ1) is 17.6. The molecule has 1 amide bonds. The third kappa shape index (κ3) is 3.75. The Labute approximate surface area is 157 Å². The Morgan fingerprint density at radius 1 is 1.32 bits per heavy atom. The average molecular weight is 423 g/mol. The van der Waals surface area contributed by atoms with Gasteiger partial charge in [-0.15, -0.1) is 0 Å². The SMILES string of the molecule is Cn1ccnc1C(NC(=O)c1cc(Br)ccc1Cl)c1ccccc1F. The molecule has 1 atom stereocenters. The summed E-state index contributed by atoms with van der Waals surface area (Å²) in [6.45, 7) is 0. The number of aromatic nitrogens is 2. The zero-order valence-corrected chi connectivity index (χ0v) is 15.6. The van der Waals surface area contributed by atoms with Gasteiger partial charge in [0, 0.05) is 29.5 Å². The molecule has 3 rings (SSSR count). The topological polar surface area (TPSA) is 46.9 Å².